The van der Waals surface area contributed by atoms with Gasteiger partial charge in [-0.25, -0.2) is 27.9 Å². The Labute approximate surface area is 200 Å². The second kappa shape index (κ2) is 9.10. The van der Waals surface area contributed by atoms with Crippen molar-refractivity contribution in [1.82, 2.24) is 14.9 Å². The van der Waals surface area contributed by atoms with E-state index in [1.807, 2.05) is 0 Å². The first-order chi connectivity index (χ1) is 16.9. The van der Waals surface area contributed by atoms with Gasteiger partial charge in [-0.05, 0) is 42.5 Å². The number of carbonyl (C=O) groups is 2. The van der Waals surface area contributed by atoms with Gasteiger partial charge < -0.3 is 19.7 Å². The molecule has 2 aromatic carbocycles. The summed E-state index contributed by atoms with van der Waals surface area (Å²) in [6, 6.07) is 12.1. The van der Waals surface area contributed by atoms with Gasteiger partial charge in [0.15, 0.2) is 11.5 Å². The van der Waals surface area contributed by atoms with Gasteiger partial charge in [0.1, 0.15) is 6.54 Å². The van der Waals surface area contributed by atoms with Gasteiger partial charge in [-0.2, -0.15) is 0 Å². The Hall–Kier alpha value is -4.39. The summed E-state index contributed by atoms with van der Waals surface area (Å²) in [7, 11) is -3.88. The molecular weight excluding hydrogens is 476 g/mol. The van der Waals surface area contributed by atoms with Crippen LogP contribution in [0.4, 0.5) is 22.1 Å². The number of fused-ring (bicyclic) bond motifs is 1. The fourth-order valence-electron chi connectivity index (χ4n) is 3.64. The van der Waals surface area contributed by atoms with Gasteiger partial charge in [-0.15, -0.1) is 0 Å². The summed E-state index contributed by atoms with van der Waals surface area (Å²) in [5.41, 5.74) is 1.05. The highest BCUT2D eigenvalue weighted by molar-refractivity contribution is 7.92. The predicted octanol–water partition coefficient (Wildman–Crippen LogP) is 1.89. The summed E-state index contributed by atoms with van der Waals surface area (Å²) >= 11 is 0. The number of rotatable bonds is 7. The Kier molecular flexibility index (Phi) is 5.82. The molecule has 3 amide bonds. The summed E-state index contributed by atoms with van der Waals surface area (Å²) in [6.07, 6.45) is 2.84. The first kappa shape index (κ1) is 22.4. The van der Waals surface area contributed by atoms with E-state index in [9.17, 15) is 18.0 Å². The number of aromatic nitrogens is 2. The van der Waals surface area contributed by atoms with E-state index in [-0.39, 0.29) is 30.2 Å². The maximum atomic E-state index is 12.8. The van der Waals surface area contributed by atoms with Crippen LogP contribution in [0.5, 0.6) is 11.5 Å². The molecule has 2 aliphatic rings. The lowest BCUT2D eigenvalue weighted by molar-refractivity contribution is -0.116. The van der Waals surface area contributed by atoms with Crippen LogP contribution in [0.3, 0.4) is 0 Å². The first-order valence-corrected chi connectivity index (χ1v) is 12.0. The Balaban J connectivity index is 1.18. The van der Waals surface area contributed by atoms with Crippen molar-refractivity contribution in [3.8, 4) is 11.5 Å². The van der Waals surface area contributed by atoms with Gasteiger partial charge in [0, 0.05) is 42.9 Å². The second-order valence-corrected chi connectivity index (χ2v) is 9.33. The fourth-order valence-corrected chi connectivity index (χ4v) is 4.60. The molecule has 0 radical (unpaired) electrons. The van der Waals surface area contributed by atoms with Gasteiger partial charge in [-0.1, -0.05) is 0 Å². The zero-order chi connectivity index (χ0) is 24.4. The molecule has 3 heterocycles. The SMILES string of the molecule is O=C(CN1CCN(c2ccc3c(c2)OCO3)C1=O)Nc1ccc(S(=O)(=O)Nc2ncccn2)cc1. The quantitative estimate of drug-likeness (QED) is 0.505. The number of nitrogens with zero attached hydrogens (tertiary/aromatic N) is 4. The summed E-state index contributed by atoms with van der Waals surface area (Å²) in [5, 5.41) is 2.68. The van der Waals surface area contributed by atoms with E-state index < -0.39 is 15.9 Å². The van der Waals surface area contributed by atoms with Crippen LogP contribution in [-0.2, 0) is 14.8 Å². The average molecular weight is 497 g/mol. The van der Waals surface area contributed by atoms with Crippen LogP contribution in [-0.4, -0.2) is 61.7 Å². The molecule has 0 unspecified atom stereocenters. The minimum atomic E-state index is -3.88. The van der Waals surface area contributed by atoms with Crippen molar-refractivity contribution < 1.29 is 27.5 Å². The van der Waals surface area contributed by atoms with Crippen LogP contribution in [0.15, 0.2) is 65.8 Å². The molecule has 0 saturated carbocycles. The maximum Gasteiger partial charge on any atom is 0.325 e. The van der Waals surface area contributed by atoms with Crippen molar-refractivity contribution in [2.75, 3.05) is 41.4 Å². The number of amides is 3. The molecule has 0 bridgehead atoms. The van der Waals surface area contributed by atoms with E-state index in [0.717, 1.165) is 0 Å². The van der Waals surface area contributed by atoms with Crippen molar-refractivity contribution in [3.63, 3.8) is 0 Å². The molecule has 1 saturated heterocycles. The number of anilines is 3. The van der Waals surface area contributed by atoms with Gasteiger partial charge in [-0.3, -0.25) is 9.69 Å². The number of hydrogen-bond donors (Lipinski definition) is 2. The first-order valence-electron chi connectivity index (χ1n) is 10.5. The van der Waals surface area contributed by atoms with E-state index in [1.54, 1.807) is 29.2 Å². The third-order valence-corrected chi connectivity index (χ3v) is 6.68. The molecular formula is C22H20N6O6S. The third-order valence-electron chi connectivity index (χ3n) is 5.34. The Morgan fingerprint density at radius 2 is 1.74 bits per heavy atom. The lowest BCUT2D eigenvalue weighted by Gasteiger charge is -2.18. The number of benzene rings is 2. The monoisotopic (exact) mass is 496 g/mol. The van der Waals surface area contributed by atoms with Crippen molar-refractivity contribution in [1.29, 1.82) is 0 Å². The normalized spacial score (nSPS) is 14.8. The number of nitrogens with one attached hydrogen (secondary N) is 2. The minimum absolute atomic E-state index is 0.0166. The average Bonchev–Trinajstić information content (AvgIpc) is 3.46. The van der Waals surface area contributed by atoms with Crippen LogP contribution in [0.2, 0.25) is 0 Å². The number of ether oxygens (including phenoxy) is 2. The molecule has 2 aliphatic heterocycles. The molecule has 5 rings (SSSR count). The molecule has 12 nitrogen and oxygen atoms in total. The van der Waals surface area contributed by atoms with E-state index in [2.05, 4.69) is 20.0 Å². The molecule has 180 valence electrons. The van der Waals surface area contributed by atoms with Gasteiger partial charge >= 0.3 is 6.03 Å². The lowest BCUT2D eigenvalue weighted by atomic mass is 10.2. The number of sulfonamides is 1. The van der Waals surface area contributed by atoms with Gasteiger partial charge in [0.2, 0.25) is 18.6 Å². The van der Waals surface area contributed by atoms with Crippen LogP contribution >= 0.6 is 0 Å². The molecule has 0 atom stereocenters. The molecule has 35 heavy (non-hydrogen) atoms. The Morgan fingerprint density at radius 3 is 2.51 bits per heavy atom. The summed E-state index contributed by atoms with van der Waals surface area (Å²) in [6.45, 7) is 0.804. The smallest absolute Gasteiger partial charge is 0.325 e. The highest BCUT2D eigenvalue weighted by Crippen LogP contribution is 2.36. The number of carbonyl (C=O) groups excluding carboxylic acids is 2. The van der Waals surface area contributed by atoms with Crippen LogP contribution in [0.25, 0.3) is 0 Å². The zero-order valence-electron chi connectivity index (χ0n) is 18.2. The summed E-state index contributed by atoms with van der Waals surface area (Å²) in [4.78, 5) is 36.0. The second-order valence-electron chi connectivity index (χ2n) is 7.64. The van der Waals surface area contributed by atoms with E-state index in [4.69, 9.17) is 9.47 Å². The van der Waals surface area contributed by atoms with Crippen LogP contribution < -0.4 is 24.4 Å². The third kappa shape index (κ3) is 4.80. The van der Waals surface area contributed by atoms with E-state index >= 15 is 0 Å². The highest BCUT2D eigenvalue weighted by Gasteiger charge is 2.31. The van der Waals surface area contributed by atoms with Gasteiger partial charge in [0.25, 0.3) is 10.0 Å². The predicted molar refractivity (Wildman–Crippen MR) is 125 cm³/mol. The van der Waals surface area contributed by atoms with E-state index in [1.165, 1.54) is 41.6 Å². The fraction of sp³-hybridized carbons (Fsp3) is 0.182. The van der Waals surface area contributed by atoms with Crippen LogP contribution in [0, 0.1) is 0 Å². The molecule has 1 fully saturated rings. The number of hydrogen-bond acceptors (Lipinski definition) is 8. The van der Waals surface area contributed by atoms with Gasteiger partial charge in [0.05, 0.1) is 4.90 Å². The Bertz CT molecular complexity index is 1370. The van der Waals surface area contributed by atoms with Crippen molar-refractivity contribution in [2.45, 2.75) is 4.90 Å². The van der Waals surface area contributed by atoms with E-state index in [0.29, 0.717) is 36.0 Å². The number of urea groups is 1. The standard InChI is InChI=1S/C22H20N6O6S/c29-20(13-27-10-11-28(22(27)30)16-4-7-18-19(12-16)34-14-33-18)25-15-2-5-17(6-3-15)35(31,32)26-21-23-8-1-9-24-21/h1-9,12H,10-11,13-14H2,(H,25,29)(H,23,24,26). The van der Waals surface area contributed by atoms with Crippen molar-refractivity contribution in [3.05, 3.63) is 60.9 Å². The molecule has 1 aromatic heterocycles. The molecule has 0 aliphatic carbocycles. The van der Waals surface area contributed by atoms with Crippen molar-refractivity contribution in [2.24, 2.45) is 0 Å². The summed E-state index contributed by atoms with van der Waals surface area (Å²) < 4.78 is 37.9. The molecule has 0 spiro atoms. The zero-order valence-corrected chi connectivity index (χ0v) is 19.1. The molecule has 3 aromatic rings. The van der Waals surface area contributed by atoms with Crippen LogP contribution in [0.1, 0.15) is 0 Å². The topological polar surface area (TPSA) is 143 Å². The molecule has 13 heteroatoms. The molecule has 2 N–H and O–H groups in total. The minimum Gasteiger partial charge on any atom is -0.454 e. The largest absolute Gasteiger partial charge is 0.454 e. The lowest BCUT2D eigenvalue weighted by Crippen LogP contribution is -2.37. The maximum absolute atomic E-state index is 12.8. The summed E-state index contributed by atoms with van der Waals surface area (Å²) in [5.74, 6) is 0.746. The highest BCUT2D eigenvalue weighted by atomic mass is 32.2. The van der Waals surface area contributed by atoms with Crippen molar-refractivity contribution >= 4 is 39.3 Å². The Morgan fingerprint density at radius 1 is 1.00 bits per heavy atom.